The molecule has 0 spiro atoms. The quantitative estimate of drug-likeness (QED) is 0.236. The van der Waals surface area contributed by atoms with Gasteiger partial charge < -0.3 is 14.8 Å². The van der Waals surface area contributed by atoms with Crippen LogP contribution in [0.5, 0.6) is 11.5 Å². The van der Waals surface area contributed by atoms with Crippen molar-refractivity contribution in [1.29, 1.82) is 0 Å². The van der Waals surface area contributed by atoms with Crippen LogP contribution in [0.1, 0.15) is 63.5 Å². The molecule has 2 aromatic carbocycles. The van der Waals surface area contributed by atoms with E-state index in [4.69, 9.17) is 9.47 Å². The minimum absolute atomic E-state index is 0.183. The van der Waals surface area contributed by atoms with Crippen LogP contribution in [0.15, 0.2) is 46.9 Å². The summed E-state index contributed by atoms with van der Waals surface area (Å²) < 4.78 is 12.2. The number of nitrogens with one attached hydrogen (secondary N) is 1. The normalized spacial score (nSPS) is 11.0. The van der Waals surface area contributed by atoms with E-state index < -0.39 is 0 Å². The fourth-order valence-electron chi connectivity index (χ4n) is 3.16. The largest absolute Gasteiger partial charge is 0.493 e. The third-order valence-corrected chi connectivity index (χ3v) is 5.64. The van der Waals surface area contributed by atoms with E-state index in [1.54, 1.807) is 13.2 Å². The number of hydrogen-bond donors (Lipinski definition) is 1. The van der Waals surface area contributed by atoms with Crippen LogP contribution in [-0.4, -0.2) is 19.6 Å². The molecule has 0 aliphatic heterocycles. The van der Waals surface area contributed by atoms with Gasteiger partial charge in [-0.3, -0.25) is 4.79 Å². The second-order valence-corrected chi connectivity index (χ2v) is 8.41. The molecule has 2 rings (SSSR count). The summed E-state index contributed by atoms with van der Waals surface area (Å²) in [6.45, 7) is 5.06. The van der Waals surface area contributed by atoms with Gasteiger partial charge in [-0.15, -0.1) is 0 Å². The lowest BCUT2D eigenvalue weighted by Crippen LogP contribution is -2.08. The summed E-state index contributed by atoms with van der Waals surface area (Å²) in [5.41, 5.74) is 2.90. The molecule has 0 aliphatic rings. The van der Waals surface area contributed by atoms with Gasteiger partial charge in [0.25, 0.3) is 0 Å². The standard InChI is InChI=1S/C26H34BrNO3/c1-4-6-8-9-17-31-24-15-12-21(19-25(24)30-3)13-16-26(29)28-23-14-11-20(10-7-5-2)18-22(23)27/h11-16,18-19H,4-10,17H2,1-3H3,(H,28,29)/b16-13+. The Labute approximate surface area is 195 Å². The summed E-state index contributed by atoms with van der Waals surface area (Å²) in [4.78, 5) is 12.4. The van der Waals surface area contributed by atoms with Gasteiger partial charge in [0.15, 0.2) is 11.5 Å². The van der Waals surface area contributed by atoms with Gasteiger partial charge >= 0.3 is 0 Å². The van der Waals surface area contributed by atoms with E-state index in [-0.39, 0.29) is 5.91 Å². The molecule has 0 saturated heterocycles. The zero-order chi connectivity index (χ0) is 22.5. The number of amides is 1. The van der Waals surface area contributed by atoms with Gasteiger partial charge in [-0.2, -0.15) is 0 Å². The highest BCUT2D eigenvalue weighted by atomic mass is 79.9. The van der Waals surface area contributed by atoms with Crippen LogP contribution in [0.4, 0.5) is 5.69 Å². The molecule has 4 nitrogen and oxygen atoms in total. The number of ether oxygens (including phenoxy) is 2. The third kappa shape index (κ3) is 8.78. The second kappa shape index (κ2) is 13.9. The maximum Gasteiger partial charge on any atom is 0.248 e. The van der Waals surface area contributed by atoms with Crippen molar-refractivity contribution in [3.05, 3.63) is 58.1 Å². The number of hydrogen-bond acceptors (Lipinski definition) is 3. The Morgan fingerprint density at radius 1 is 1.00 bits per heavy atom. The van der Waals surface area contributed by atoms with Crippen molar-refractivity contribution >= 4 is 33.6 Å². The number of unbranched alkanes of at least 4 members (excludes halogenated alkanes) is 4. The summed E-state index contributed by atoms with van der Waals surface area (Å²) >= 11 is 3.56. The lowest BCUT2D eigenvalue weighted by Gasteiger charge is -2.11. The molecule has 0 heterocycles. The Hall–Kier alpha value is -2.27. The first-order chi connectivity index (χ1) is 15.1. The molecule has 0 unspecified atom stereocenters. The van der Waals surface area contributed by atoms with Gasteiger partial charge in [-0.1, -0.05) is 51.7 Å². The number of halogens is 1. The van der Waals surface area contributed by atoms with Gasteiger partial charge in [0.1, 0.15) is 0 Å². The van der Waals surface area contributed by atoms with E-state index in [0.29, 0.717) is 12.4 Å². The molecule has 0 bridgehead atoms. The molecule has 0 saturated carbocycles. The summed E-state index contributed by atoms with van der Waals surface area (Å²) in [6, 6.07) is 11.8. The first-order valence-electron chi connectivity index (χ1n) is 11.2. The first kappa shape index (κ1) is 25.0. The Morgan fingerprint density at radius 3 is 2.52 bits per heavy atom. The lowest BCUT2D eigenvalue weighted by atomic mass is 10.1. The van der Waals surface area contributed by atoms with Gasteiger partial charge in [-0.25, -0.2) is 0 Å². The number of carbonyl (C=O) groups is 1. The molecule has 1 amide bonds. The van der Waals surface area contributed by atoms with Gasteiger partial charge in [0, 0.05) is 10.5 Å². The van der Waals surface area contributed by atoms with Crippen LogP contribution < -0.4 is 14.8 Å². The van der Waals surface area contributed by atoms with Crippen LogP contribution in [-0.2, 0) is 11.2 Å². The SMILES string of the molecule is CCCCCCOc1ccc(/C=C/C(=O)Nc2ccc(CCCC)cc2Br)cc1OC. The van der Waals surface area contributed by atoms with Crippen LogP contribution in [0.2, 0.25) is 0 Å². The highest BCUT2D eigenvalue weighted by Crippen LogP contribution is 2.29. The number of benzene rings is 2. The maximum atomic E-state index is 12.4. The molecule has 5 heteroatoms. The molecule has 0 radical (unpaired) electrons. The minimum atomic E-state index is -0.183. The average molecular weight is 488 g/mol. The van der Waals surface area contributed by atoms with Gasteiger partial charge in [0.2, 0.25) is 5.91 Å². The van der Waals surface area contributed by atoms with Crippen molar-refractivity contribution in [3.8, 4) is 11.5 Å². The number of methoxy groups -OCH3 is 1. The lowest BCUT2D eigenvalue weighted by molar-refractivity contribution is -0.111. The summed E-state index contributed by atoms with van der Waals surface area (Å²) in [5.74, 6) is 1.22. The topological polar surface area (TPSA) is 47.6 Å². The Kier molecular flexibility index (Phi) is 11.2. The van der Waals surface area contributed by atoms with Crippen LogP contribution in [0.25, 0.3) is 6.08 Å². The number of rotatable bonds is 13. The zero-order valence-corrected chi connectivity index (χ0v) is 20.5. The molecule has 0 aromatic heterocycles. The summed E-state index contributed by atoms with van der Waals surface area (Å²) in [5, 5.41) is 2.92. The van der Waals surface area contributed by atoms with Crippen molar-refractivity contribution in [2.24, 2.45) is 0 Å². The number of carbonyl (C=O) groups excluding carboxylic acids is 1. The zero-order valence-electron chi connectivity index (χ0n) is 18.9. The Bertz CT molecular complexity index is 864. The molecule has 0 atom stereocenters. The minimum Gasteiger partial charge on any atom is -0.493 e. The first-order valence-corrected chi connectivity index (χ1v) is 11.9. The molecule has 168 valence electrons. The van der Waals surface area contributed by atoms with E-state index in [0.717, 1.165) is 47.2 Å². The Balaban J connectivity index is 1.94. The predicted molar refractivity (Wildman–Crippen MR) is 133 cm³/mol. The third-order valence-electron chi connectivity index (χ3n) is 4.98. The highest BCUT2D eigenvalue weighted by Gasteiger charge is 2.07. The summed E-state index contributed by atoms with van der Waals surface area (Å²) in [6.07, 6.45) is 11.3. The summed E-state index contributed by atoms with van der Waals surface area (Å²) in [7, 11) is 1.63. The van der Waals surface area contributed by atoms with Gasteiger partial charge in [0.05, 0.1) is 19.4 Å². The Morgan fingerprint density at radius 2 is 1.81 bits per heavy atom. The van der Waals surface area contributed by atoms with Crippen molar-refractivity contribution < 1.29 is 14.3 Å². The second-order valence-electron chi connectivity index (χ2n) is 7.56. The van der Waals surface area contributed by atoms with E-state index >= 15 is 0 Å². The van der Waals surface area contributed by atoms with Crippen LogP contribution in [0, 0.1) is 0 Å². The number of anilines is 1. The van der Waals surface area contributed by atoms with Crippen molar-refractivity contribution in [2.75, 3.05) is 19.0 Å². The molecular formula is C26H34BrNO3. The highest BCUT2D eigenvalue weighted by molar-refractivity contribution is 9.10. The van der Waals surface area contributed by atoms with E-state index in [1.807, 2.05) is 24.3 Å². The molecule has 0 aliphatic carbocycles. The molecule has 2 aromatic rings. The van der Waals surface area contributed by atoms with Crippen molar-refractivity contribution in [1.82, 2.24) is 0 Å². The fraction of sp³-hybridized carbons (Fsp3) is 0.423. The average Bonchev–Trinajstić information content (AvgIpc) is 2.78. The number of aryl methyl sites for hydroxylation is 1. The van der Waals surface area contributed by atoms with E-state index in [1.165, 1.54) is 30.9 Å². The van der Waals surface area contributed by atoms with Crippen molar-refractivity contribution in [3.63, 3.8) is 0 Å². The molecule has 1 N–H and O–H groups in total. The van der Waals surface area contributed by atoms with Gasteiger partial charge in [-0.05, 0) is 76.7 Å². The monoisotopic (exact) mass is 487 g/mol. The smallest absolute Gasteiger partial charge is 0.248 e. The molecule has 0 fully saturated rings. The maximum absolute atomic E-state index is 12.4. The van der Waals surface area contributed by atoms with E-state index in [2.05, 4.69) is 47.2 Å². The van der Waals surface area contributed by atoms with Crippen LogP contribution >= 0.6 is 15.9 Å². The van der Waals surface area contributed by atoms with E-state index in [9.17, 15) is 4.79 Å². The fourth-order valence-corrected chi connectivity index (χ4v) is 3.69. The van der Waals surface area contributed by atoms with Crippen LogP contribution in [0.3, 0.4) is 0 Å². The van der Waals surface area contributed by atoms with Crippen molar-refractivity contribution in [2.45, 2.75) is 58.8 Å². The molecule has 31 heavy (non-hydrogen) atoms. The predicted octanol–water partition coefficient (Wildman–Crippen LogP) is 7.41. The molecular weight excluding hydrogens is 454 g/mol.